The van der Waals surface area contributed by atoms with Crippen LogP contribution in [-0.4, -0.2) is 27.7 Å². The monoisotopic (exact) mass is 339 g/mol. The second-order valence-electron chi connectivity index (χ2n) is 6.71. The van der Waals surface area contributed by atoms with Gasteiger partial charge >= 0.3 is 11.9 Å². The van der Waals surface area contributed by atoms with Crippen LogP contribution in [0, 0.1) is 11.8 Å². The van der Waals surface area contributed by atoms with E-state index in [4.69, 9.17) is 5.73 Å². The summed E-state index contributed by atoms with van der Waals surface area (Å²) < 4.78 is 0. The smallest absolute Gasteiger partial charge is 0.324 e. The molecule has 130 valence electrons. The highest BCUT2D eigenvalue weighted by molar-refractivity contribution is 5.83. The molecular formula is C20H21NO4. The summed E-state index contributed by atoms with van der Waals surface area (Å²) in [6, 6.07) is 19.2. The zero-order chi connectivity index (χ0) is 18.0. The number of aliphatic carboxylic acids is 2. The van der Waals surface area contributed by atoms with E-state index in [-0.39, 0.29) is 12.3 Å². The summed E-state index contributed by atoms with van der Waals surface area (Å²) >= 11 is 0. The van der Waals surface area contributed by atoms with Gasteiger partial charge in [0.15, 0.2) is 0 Å². The third-order valence-electron chi connectivity index (χ3n) is 5.11. The van der Waals surface area contributed by atoms with Gasteiger partial charge in [-0.2, -0.15) is 0 Å². The van der Waals surface area contributed by atoms with Gasteiger partial charge < -0.3 is 15.9 Å². The molecule has 3 atom stereocenters. The Labute approximate surface area is 146 Å². The number of carboxylic acid groups (broad SMARTS) is 2. The maximum absolute atomic E-state index is 12.0. The number of hydrogen-bond donors (Lipinski definition) is 3. The van der Waals surface area contributed by atoms with Gasteiger partial charge in [0.1, 0.15) is 5.54 Å². The fraction of sp³-hybridized carbons (Fsp3) is 0.300. The molecule has 5 heteroatoms. The van der Waals surface area contributed by atoms with Gasteiger partial charge in [0.05, 0.1) is 5.92 Å². The van der Waals surface area contributed by atoms with Crippen molar-refractivity contribution in [3.05, 3.63) is 71.8 Å². The van der Waals surface area contributed by atoms with Gasteiger partial charge in [-0.25, -0.2) is 0 Å². The lowest BCUT2D eigenvalue weighted by atomic mass is 9.77. The molecule has 2 aromatic carbocycles. The Morgan fingerprint density at radius 3 is 1.84 bits per heavy atom. The SMILES string of the molecule is N[C@@](CC(c1ccccc1)c1ccccc1)(C(=O)O)[C@H]1C[C@@H]1C(=O)O. The predicted octanol–water partition coefficient (Wildman–Crippen LogP) is 2.71. The van der Waals surface area contributed by atoms with Gasteiger partial charge in [-0.3, -0.25) is 9.59 Å². The molecule has 0 amide bonds. The van der Waals surface area contributed by atoms with Crippen molar-refractivity contribution in [1.82, 2.24) is 0 Å². The molecule has 2 aromatic rings. The predicted molar refractivity (Wildman–Crippen MR) is 93.1 cm³/mol. The molecule has 0 radical (unpaired) electrons. The van der Waals surface area contributed by atoms with Crippen LogP contribution in [0.4, 0.5) is 0 Å². The van der Waals surface area contributed by atoms with E-state index < -0.39 is 29.3 Å². The lowest BCUT2D eigenvalue weighted by Crippen LogP contribution is -2.52. The molecule has 4 N–H and O–H groups in total. The number of carboxylic acids is 2. The highest BCUT2D eigenvalue weighted by Crippen LogP contribution is 2.49. The van der Waals surface area contributed by atoms with E-state index in [2.05, 4.69) is 0 Å². The molecule has 0 aromatic heterocycles. The van der Waals surface area contributed by atoms with Gasteiger partial charge in [0.2, 0.25) is 0 Å². The summed E-state index contributed by atoms with van der Waals surface area (Å²) in [7, 11) is 0. The van der Waals surface area contributed by atoms with E-state index in [9.17, 15) is 19.8 Å². The number of carbonyl (C=O) groups is 2. The van der Waals surface area contributed by atoms with Crippen molar-refractivity contribution in [2.24, 2.45) is 17.6 Å². The minimum absolute atomic E-state index is 0.158. The average molecular weight is 339 g/mol. The number of rotatable bonds is 7. The standard InChI is InChI=1S/C20H21NO4/c21-20(19(24)25,17-11-15(17)18(22)23)12-16(13-7-3-1-4-8-13)14-9-5-2-6-10-14/h1-10,15-17H,11-12,21H2,(H,22,23)(H,24,25)/t15-,17-,20+/m0/s1. The highest BCUT2D eigenvalue weighted by Gasteiger charge is 2.58. The first kappa shape index (κ1) is 17.2. The molecule has 1 fully saturated rings. The number of hydrogen-bond acceptors (Lipinski definition) is 3. The quantitative estimate of drug-likeness (QED) is 0.720. The van der Waals surface area contributed by atoms with Crippen LogP contribution >= 0.6 is 0 Å². The highest BCUT2D eigenvalue weighted by atomic mass is 16.4. The molecule has 0 spiro atoms. The van der Waals surface area contributed by atoms with E-state index in [1.165, 1.54) is 0 Å². The summed E-state index contributed by atoms with van der Waals surface area (Å²) in [5.41, 5.74) is 6.66. The Morgan fingerprint density at radius 2 is 1.48 bits per heavy atom. The number of nitrogens with two attached hydrogens (primary N) is 1. The second-order valence-corrected chi connectivity index (χ2v) is 6.71. The third-order valence-corrected chi connectivity index (χ3v) is 5.11. The van der Waals surface area contributed by atoms with Crippen LogP contribution in [0.15, 0.2) is 60.7 Å². The average Bonchev–Trinajstić information content (AvgIpc) is 3.42. The first-order valence-electron chi connectivity index (χ1n) is 8.28. The molecule has 0 saturated heterocycles. The lowest BCUT2D eigenvalue weighted by molar-refractivity contribution is -0.145. The first-order valence-corrected chi connectivity index (χ1v) is 8.28. The molecule has 1 aliphatic rings. The Kier molecular flexibility index (Phi) is 4.59. The van der Waals surface area contributed by atoms with Gasteiger partial charge in [0.25, 0.3) is 0 Å². The zero-order valence-corrected chi connectivity index (χ0v) is 13.7. The van der Waals surface area contributed by atoms with Gasteiger partial charge in [-0.15, -0.1) is 0 Å². The Balaban J connectivity index is 1.96. The van der Waals surface area contributed by atoms with E-state index in [1.807, 2.05) is 60.7 Å². The molecule has 5 nitrogen and oxygen atoms in total. The van der Waals surface area contributed by atoms with Crippen molar-refractivity contribution in [3.8, 4) is 0 Å². The van der Waals surface area contributed by atoms with Crippen LogP contribution in [0.3, 0.4) is 0 Å². The summed E-state index contributed by atoms with van der Waals surface area (Å²) in [4.78, 5) is 23.2. The topological polar surface area (TPSA) is 101 Å². The molecule has 0 bridgehead atoms. The van der Waals surface area contributed by atoms with Crippen molar-refractivity contribution in [1.29, 1.82) is 0 Å². The molecular weight excluding hydrogens is 318 g/mol. The maximum Gasteiger partial charge on any atom is 0.324 e. The molecule has 0 heterocycles. The molecule has 3 rings (SSSR count). The van der Waals surface area contributed by atoms with E-state index >= 15 is 0 Å². The summed E-state index contributed by atoms with van der Waals surface area (Å²) in [6.45, 7) is 0. The lowest BCUT2D eigenvalue weighted by Gasteiger charge is -2.30. The van der Waals surface area contributed by atoms with Crippen LogP contribution in [0.2, 0.25) is 0 Å². The van der Waals surface area contributed by atoms with Crippen LogP contribution in [-0.2, 0) is 9.59 Å². The Morgan fingerprint density at radius 1 is 1.00 bits per heavy atom. The Bertz CT molecular complexity index is 722. The van der Waals surface area contributed by atoms with Crippen LogP contribution in [0.5, 0.6) is 0 Å². The van der Waals surface area contributed by atoms with Crippen LogP contribution in [0.1, 0.15) is 29.9 Å². The van der Waals surface area contributed by atoms with Crippen LogP contribution < -0.4 is 5.73 Å². The van der Waals surface area contributed by atoms with E-state index in [0.717, 1.165) is 11.1 Å². The third kappa shape index (κ3) is 3.42. The van der Waals surface area contributed by atoms with E-state index in [1.54, 1.807) is 0 Å². The zero-order valence-electron chi connectivity index (χ0n) is 13.7. The largest absolute Gasteiger partial charge is 0.481 e. The van der Waals surface area contributed by atoms with Crippen molar-refractivity contribution >= 4 is 11.9 Å². The first-order chi connectivity index (χ1) is 11.9. The van der Waals surface area contributed by atoms with Crippen molar-refractivity contribution < 1.29 is 19.8 Å². The maximum atomic E-state index is 12.0. The van der Waals surface area contributed by atoms with Crippen LogP contribution in [0.25, 0.3) is 0 Å². The molecule has 0 aliphatic heterocycles. The fourth-order valence-electron chi connectivity index (χ4n) is 3.57. The second kappa shape index (κ2) is 6.69. The van der Waals surface area contributed by atoms with Crippen molar-refractivity contribution in [2.45, 2.75) is 24.3 Å². The van der Waals surface area contributed by atoms with Crippen molar-refractivity contribution in [2.75, 3.05) is 0 Å². The molecule has 1 saturated carbocycles. The minimum atomic E-state index is -1.57. The van der Waals surface area contributed by atoms with E-state index in [0.29, 0.717) is 6.42 Å². The molecule has 25 heavy (non-hydrogen) atoms. The molecule has 0 unspecified atom stereocenters. The summed E-state index contributed by atoms with van der Waals surface area (Å²) in [6.07, 6.45) is 0.471. The summed E-state index contributed by atoms with van der Waals surface area (Å²) in [5.74, 6) is -3.54. The van der Waals surface area contributed by atoms with Gasteiger partial charge in [-0.1, -0.05) is 60.7 Å². The van der Waals surface area contributed by atoms with Gasteiger partial charge in [0, 0.05) is 11.8 Å². The fourth-order valence-corrected chi connectivity index (χ4v) is 3.57. The number of benzene rings is 2. The van der Waals surface area contributed by atoms with Gasteiger partial charge in [-0.05, 0) is 24.0 Å². The Hall–Kier alpha value is -2.66. The summed E-state index contributed by atoms with van der Waals surface area (Å²) in [5, 5.41) is 19.0. The normalized spacial score (nSPS) is 21.5. The minimum Gasteiger partial charge on any atom is -0.481 e. The van der Waals surface area contributed by atoms with Crippen molar-refractivity contribution in [3.63, 3.8) is 0 Å². The molecule has 1 aliphatic carbocycles.